The molecule has 0 radical (unpaired) electrons. The lowest BCUT2D eigenvalue weighted by atomic mass is 10.3. The van der Waals surface area contributed by atoms with Crippen molar-refractivity contribution in [2.75, 3.05) is 5.43 Å². The van der Waals surface area contributed by atoms with Crippen molar-refractivity contribution >= 4 is 11.5 Å². The first-order valence-electron chi connectivity index (χ1n) is 3.88. The highest BCUT2D eigenvalue weighted by Gasteiger charge is 2.06. The van der Waals surface area contributed by atoms with Gasteiger partial charge in [-0.3, -0.25) is 0 Å². The number of aryl methyl sites for hydroxylation is 2. The van der Waals surface area contributed by atoms with Gasteiger partial charge in [-0.05, 0) is 25.5 Å². The van der Waals surface area contributed by atoms with Gasteiger partial charge in [0.15, 0.2) is 17.3 Å². The summed E-state index contributed by atoms with van der Waals surface area (Å²) in [4.78, 5) is 0. The Balaban J connectivity index is 2.80. The van der Waals surface area contributed by atoms with E-state index in [-0.39, 0.29) is 0 Å². The van der Waals surface area contributed by atoms with E-state index in [4.69, 9.17) is 5.84 Å². The minimum absolute atomic E-state index is 0.605. The zero-order valence-electron chi connectivity index (χ0n) is 7.44. The van der Waals surface area contributed by atoms with Crippen molar-refractivity contribution in [2.24, 2.45) is 5.84 Å². The number of aromatic nitrogens is 4. The van der Waals surface area contributed by atoms with Crippen LogP contribution >= 0.6 is 0 Å². The molecule has 0 bridgehead atoms. The van der Waals surface area contributed by atoms with Gasteiger partial charge in [-0.2, -0.15) is 4.52 Å². The number of nitrogens with two attached hydrogens (primary N) is 1. The van der Waals surface area contributed by atoms with Crippen LogP contribution < -0.4 is 11.3 Å². The number of rotatable bonds is 1. The van der Waals surface area contributed by atoms with E-state index in [9.17, 15) is 0 Å². The fraction of sp³-hybridized carbons (Fsp3) is 0.286. The number of anilines is 1. The van der Waals surface area contributed by atoms with Crippen LogP contribution in [0.1, 0.15) is 11.4 Å². The number of hydrogen-bond donors (Lipinski definition) is 2. The van der Waals surface area contributed by atoms with Crippen molar-refractivity contribution in [2.45, 2.75) is 13.8 Å². The zero-order chi connectivity index (χ0) is 9.42. The lowest BCUT2D eigenvalue weighted by Gasteiger charge is -2.01. The first-order valence-corrected chi connectivity index (χ1v) is 3.88. The zero-order valence-corrected chi connectivity index (χ0v) is 7.44. The molecule has 6 heteroatoms. The van der Waals surface area contributed by atoms with Crippen molar-refractivity contribution in [3.05, 3.63) is 17.5 Å². The third-order valence-electron chi connectivity index (χ3n) is 1.86. The number of nitrogens with zero attached hydrogens (tertiary/aromatic N) is 4. The molecule has 0 unspecified atom stereocenters. The van der Waals surface area contributed by atoms with Crippen LogP contribution in [0.3, 0.4) is 0 Å². The second kappa shape index (κ2) is 2.67. The topological polar surface area (TPSA) is 81.1 Å². The second-order valence-corrected chi connectivity index (χ2v) is 2.84. The highest BCUT2D eigenvalue weighted by Crippen LogP contribution is 2.11. The SMILES string of the molecule is Cc1cc(NN)nn2c(C)nnc12. The molecule has 0 saturated carbocycles. The van der Waals surface area contributed by atoms with Crippen molar-refractivity contribution in [1.82, 2.24) is 19.8 Å². The maximum absolute atomic E-state index is 5.26. The number of fused-ring (bicyclic) bond motifs is 1. The van der Waals surface area contributed by atoms with Gasteiger partial charge in [-0.1, -0.05) is 0 Å². The van der Waals surface area contributed by atoms with Crippen LogP contribution in [0.5, 0.6) is 0 Å². The quantitative estimate of drug-likeness (QED) is 0.475. The molecule has 3 N–H and O–H groups in total. The van der Waals surface area contributed by atoms with Crippen LogP contribution in [0.4, 0.5) is 5.82 Å². The average Bonchev–Trinajstić information content (AvgIpc) is 2.48. The average molecular weight is 178 g/mol. The molecule has 13 heavy (non-hydrogen) atoms. The summed E-state index contributed by atoms with van der Waals surface area (Å²) in [7, 11) is 0. The highest BCUT2D eigenvalue weighted by atomic mass is 15.4. The molecule has 0 aliphatic heterocycles. The normalized spacial score (nSPS) is 10.7. The highest BCUT2D eigenvalue weighted by molar-refractivity contribution is 5.50. The summed E-state index contributed by atoms with van der Waals surface area (Å²) in [6.07, 6.45) is 0. The maximum atomic E-state index is 5.26. The number of nitrogens with one attached hydrogen (secondary N) is 1. The maximum Gasteiger partial charge on any atom is 0.180 e. The van der Waals surface area contributed by atoms with Gasteiger partial charge in [-0.15, -0.1) is 15.3 Å². The molecule has 6 nitrogen and oxygen atoms in total. The van der Waals surface area contributed by atoms with Crippen LogP contribution in [-0.4, -0.2) is 19.8 Å². The molecule has 0 amide bonds. The molecule has 0 fully saturated rings. The molecule has 0 atom stereocenters. The molecule has 2 rings (SSSR count). The minimum Gasteiger partial charge on any atom is -0.307 e. The number of nitrogen functional groups attached to an aromatic ring is 1. The predicted octanol–water partition coefficient (Wildman–Crippen LogP) is 0.0267. The van der Waals surface area contributed by atoms with Gasteiger partial charge in [0.2, 0.25) is 0 Å². The molecule has 2 aromatic rings. The first kappa shape index (κ1) is 7.93. The van der Waals surface area contributed by atoms with Gasteiger partial charge < -0.3 is 5.43 Å². The predicted molar refractivity (Wildman–Crippen MR) is 48.1 cm³/mol. The number of hydrogen-bond acceptors (Lipinski definition) is 5. The minimum atomic E-state index is 0.605. The Bertz CT molecular complexity index is 445. The van der Waals surface area contributed by atoms with Crippen LogP contribution in [-0.2, 0) is 0 Å². The summed E-state index contributed by atoms with van der Waals surface area (Å²) in [5.74, 6) is 6.61. The molecule has 68 valence electrons. The van der Waals surface area contributed by atoms with Gasteiger partial charge in [-0.25, -0.2) is 5.84 Å². The Kier molecular flexibility index (Phi) is 1.63. The second-order valence-electron chi connectivity index (χ2n) is 2.84. The molecule has 0 aromatic carbocycles. The van der Waals surface area contributed by atoms with Crippen molar-refractivity contribution < 1.29 is 0 Å². The summed E-state index contributed by atoms with van der Waals surface area (Å²) in [5.41, 5.74) is 4.24. The Morgan fingerprint density at radius 1 is 1.38 bits per heavy atom. The lowest BCUT2D eigenvalue weighted by molar-refractivity contribution is 0.871. The summed E-state index contributed by atoms with van der Waals surface area (Å²) >= 11 is 0. The van der Waals surface area contributed by atoms with Crippen LogP contribution in [0.2, 0.25) is 0 Å². The van der Waals surface area contributed by atoms with E-state index < -0.39 is 0 Å². The van der Waals surface area contributed by atoms with Crippen molar-refractivity contribution in [3.63, 3.8) is 0 Å². The van der Waals surface area contributed by atoms with E-state index >= 15 is 0 Å². The van der Waals surface area contributed by atoms with E-state index in [1.165, 1.54) is 0 Å². The summed E-state index contributed by atoms with van der Waals surface area (Å²) in [6, 6.07) is 1.82. The third kappa shape index (κ3) is 1.11. The summed E-state index contributed by atoms with van der Waals surface area (Å²) in [6.45, 7) is 3.78. The fourth-order valence-corrected chi connectivity index (χ4v) is 1.20. The lowest BCUT2D eigenvalue weighted by Crippen LogP contribution is -2.11. The Hall–Kier alpha value is -1.69. The monoisotopic (exact) mass is 178 g/mol. The van der Waals surface area contributed by atoms with E-state index in [2.05, 4.69) is 20.7 Å². The van der Waals surface area contributed by atoms with Gasteiger partial charge in [0.05, 0.1) is 0 Å². The molecular weight excluding hydrogens is 168 g/mol. The number of hydrazine groups is 1. The van der Waals surface area contributed by atoms with E-state index in [0.29, 0.717) is 5.82 Å². The van der Waals surface area contributed by atoms with Crippen LogP contribution in [0.15, 0.2) is 6.07 Å². The molecule has 2 heterocycles. The summed E-state index contributed by atoms with van der Waals surface area (Å²) < 4.78 is 1.66. The summed E-state index contributed by atoms with van der Waals surface area (Å²) in [5, 5.41) is 12.1. The van der Waals surface area contributed by atoms with Crippen molar-refractivity contribution in [1.29, 1.82) is 0 Å². The molecule has 0 saturated heterocycles. The third-order valence-corrected chi connectivity index (χ3v) is 1.86. The molecule has 0 spiro atoms. The largest absolute Gasteiger partial charge is 0.307 e. The van der Waals surface area contributed by atoms with Crippen molar-refractivity contribution in [3.8, 4) is 0 Å². The molecule has 0 aliphatic rings. The van der Waals surface area contributed by atoms with E-state index in [1.807, 2.05) is 19.9 Å². The Labute approximate surface area is 74.7 Å². The molecule has 0 aliphatic carbocycles. The van der Waals surface area contributed by atoms with Gasteiger partial charge in [0, 0.05) is 0 Å². The van der Waals surface area contributed by atoms with E-state index in [1.54, 1.807) is 4.52 Å². The standard InChI is InChI=1S/C7H10N6/c1-4-3-6(9-8)12-13-5(2)10-11-7(4)13/h3H,8H2,1-2H3,(H,9,12). The van der Waals surface area contributed by atoms with Gasteiger partial charge in [0.1, 0.15) is 0 Å². The fourth-order valence-electron chi connectivity index (χ4n) is 1.20. The molecule has 2 aromatic heterocycles. The van der Waals surface area contributed by atoms with Gasteiger partial charge >= 0.3 is 0 Å². The first-order chi connectivity index (χ1) is 6.22. The van der Waals surface area contributed by atoms with Crippen LogP contribution in [0.25, 0.3) is 5.65 Å². The smallest absolute Gasteiger partial charge is 0.180 e. The Morgan fingerprint density at radius 2 is 2.15 bits per heavy atom. The van der Waals surface area contributed by atoms with E-state index in [0.717, 1.165) is 17.0 Å². The van der Waals surface area contributed by atoms with Crippen LogP contribution in [0, 0.1) is 13.8 Å². The Morgan fingerprint density at radius 3 is 2.85 bits per heavy atom. The van der Waals surface area contributed by atoms with Gasteiger partial charge in [0.25, 0.3) is 0 Å². The molecular formula is C7H10N6.